The van der Waals surface area contributed by atoms with Gasteiger partial charge < -0.3 is 5.32 Å². The van der Waals surface area contributed by atoms with Crippen LogP contribution in [0.15, 0.2) is 0 Å². The van der Waals surface area contributed by atoms with Gasteiger partial charge in [-0.05, 0) is 19.8 Å². The van der Waals surface area contributed by atoms with Gasteiger partial charge in [0.1, 0.15) is 6.04 Å². The average molecular weight is 153 g/mol. The van der Waals surface area contributed by atoms with Gasteiger partial charge in [-0.15, -0.1) is 0 Å². The Morgan fingerprint density at radius 1 is 1.30 bits per heavy atom. The molecule has 0 aliphatic carbocycles. The molecule has 0 bridgehead atoms. The molecular formula is C6H10F3N. The van der Waals surface area contributed by atoms with Crippen LogP contribution in [-0.2, 0) is 0 Å². The van der Waals surface area contributed by atoms with Crippen molar-refractivity contribution in [1.29, 1.82) is 0 Å². The van der Waals surface area contributed by atoms with Crippen molar-refractivity contribution >= 4 is 0 Å². The van der Waals surface area contributed by atoms with Crippen LogP contribution in [0.25, 0.3) is 0 Å². The molecule has 0 unspecified atom stereocenters. The molecule has 0 saturated carbocycles. The third-order valence-corrected chi connectivity index (χ3v) is 1.77. The number of nitrogens with one attached hydrogen (secondary N) is 1. The molecule has 1 fully saturated rings. The van der Waals surface area contributed by atoms with Crippen molar-refractivity contribution in [3.63, 3.8) is 0 Å². The maximum atomic E-state index is 11.9. The first-order valence-corrected chi connectivity index (χ1v) is 3.33. The van der Waals surface area contributed by atoms with Crippen LogP contribution in [0, 0.1) is 0 Å². The highest BCUT2D eigenvalue weighted by molar-refractivity contribution is 4.85. The van der Waals surface area contributed by atoms with Crippen LogP contribution in [0.4, 0.5) is 13.2 Å². The number of hydrogen-bond acceptors (Lipinski definition) is 1. The van der Waals surface area contributed by atoms with Crippen LogP contribution in [0.1, 0.15) is 19.8 Å². The Morgan fingerprint density at radius 3 is 2.10 bits per heavy atom. The SMILES string of the molecule is C[C@@H]1CC[C@@H](C(F)(F)F)N1. The molecule has 1 rings (SSSR count). The molecule has 1 saturated heterocycles. The summed E-state index contributed by atoms with van der Waals surface area (Å²) >= 11 is 0. The summed E-state index contributed by atoms with van der Waals surface area (Å²) in [6, 6.07) is -1.24. The van der Waals surface area contributed by atoms with E-state index >= 15 is 0 Å². The quantitative estimate of drug-likeness (QED) is 0.558. The highest BCUT2D eigenvalue weighted by Gasteiger charge is 2.42. The van der Waals surface area contributed by atoms with Gasteiger partial charge in [0.05, 0.1) is 0 Å². The first kappa shape index (κ1) is 7.85. The van der Waals surface area contributed by atoms with Crippen LogP contribution < -0.4 is 5.32 Å². The summed E-state index contributed by atoms with van der Waals surface area (Å²) in [7, 11) is 0. The Labute approximate surface area is 57.6 Å². The molecule has 1 aliphatic heterocycles. The molecule has 2 atom stereocenters. The largest absolute Gasteiger partial charge is 0.403 e. The van der Waals surface area contributed by atoms with E-state index in [1.807, 2.05) is 0 Å². The molecule has 1 nitrogen and oxygen atoms in total. The molecule has 4 heteroatoms. The van der Waals surface area contributed by atoms with Gasteiger partial charge in [0.25, 0.3) is 0 Å². The Hall–Kier alpha value is -0.250. The summed E-state index contributed by atoms with van der Waals surface area (Å²) < 4.78 is 35.6. The van der Waals surface area contributed by atoms with E-state index in [2.05, 4.69) is 5.32 Å². The summed E-state index contributed by atoms with van der Waals surface area (Å²) in [6.07, 6.45) is -3.19. The van der Waals surface area contributed by atoms with Crippen LogP contribution in [0.2, 0.25) is 0 Å². The number of halogens is 3. The van der Waals surface area contributed by atoms with Gasteiger partial charge in [-0.25, -0.2) is 0 Å². The zero-order valence-corrected chi connectivity index (χ0v) is 5.70. The Bertz CT molecular complexity index is 121. The van der Waals surface area contributed by atoms with Crippen LogP contribution >= 0.6 is 0 Å². The van der Waals surface area contributed by atoms with E-state index in [4.69, 9.17) is 0 Å². The lowest BCUT2D eigenvalue weighted by Crippen LogP contribution is -2.39. The second-order valence-electron chi connectivity index (χ2n) is 2.74. The van der Waals surface area contributed by atoms with E-state index in [-0.39, 0.29) is 12.5 Å². The van der Waals surface area contributed by atoms with Gasteiger partial charge in [-0.3, -0.25) is 0 Å². The van der Waals surface area contributed by atoms with E-state index < -0.39 is 12.2 Å². The highest BCUT2D eigenvalue weighted by atomic mass is 19.4. The molecule has 1 heterocycles. The summed E-state index contributed by atoms with van der Waals surface area (Å²) in [5.41, 5.74) is 0. The van der Waals surface area contributed by atoms with Gasteiger partial charge in [-0.2, -0.15) is 13.2 Å². The van der Waals surface area contributed by atoms with Crippen LogP contribution in [0.5, 0.6) is 0 Å². The standard InChI is InChI=1S/C6H10F3N/c1-4-2-3-5(10-4)6(7,8)9/h4-5,10H,2-3H2,1H3/t4-,5+/m1/s1. The smallest absolute Gasteiger partial charge is 0.304 e. The van der Waals surface area contributed by atoms with Crippen molar-refractivity contribution in [3.05, 3.63) is 0 Å². The van der Waals surface area contributed by atoms with Gasteiger partial charge in [0, 0.05) is 6.04 Å². The lowest BCUT2D eigenvalue weighted by atomic mass is 10.2. The minimum atomic E-state index is -4.05. The predicted octanol–water partition coefficient (Wildman–Crippen LogP) is 1.69. The van der Waals surface area contributed by atoms with Gasteiger partial charge >= 0.3 is 6.18 Å². The predicted molar refractivity (Wildman–Crippen MR) is 31.7 cm³/mol. The van der Waals surface area contributed by atoms with Crippen molar-refractivity contribution in [1.82, 2.24) is 5.32 Å². The summed E-state index contributed by atoms with van der Waals surface area (Å²) in [5.74, 6) is 0. The van der Waals surface area contributed by atoms with Gasteiger partial charge in [0.2, 0.25) is 0 Å². The normalized spacial score (nSPS) is 34.8. The molecular weight excluding hydrogens is 143 g/mol. The van der Waals surface area contributed by atoms with Crippen LogP contribution in [-0.4, -0.2) is 18.3 Å². The zero-order valence-electron chi connectivity index (χ0n) is 5.70. The molecule has 0 spiro atoms. The monoisotopic (exact) mass is 153 g/mol. The van der Waals surface area contributed by atoms with Gasteiger partial charge in [0.15, 0.2) is 0 Å². The van der Waals surface area contributed by atoms with E-state index in [9.17, 15) is 13.2 Å². The Morgan fingerprint density at radius 2 is 1.90 bits per heavy atom. The molecule has 1 aliphatic rings. The fraction of sp³-hybridized carbons (Fsp3) is 1.00. The number of rotatable bonds is 0. The second-order valence-corrected chi connectivity index (χ2v) is 2.74. The fourth-order valence-corrected chi connectivity index (χ4v) is 1.18. The molecule has 60 valence electrons. The lowest BCUT2D eigenvalue weighted by molar-refractivity contribution is -0.152. The summed E-state index contributed by atoms with van der Waals surface area (Å²) in [6.45, 7) is 1.77. The third-order valence-electron chi connectivity index (χ3n) is 1.77. The molecule has 0 radical (unpaired) electrons. The van der Waals surface area contributed by atoms with Crippen molar-refractivity contribution in [3.8, 4) is 0 Å². The molecule has 1 N–H and O–H groups in total. The van der Waals surface area contributed by atoms with Crippen molar-refractivity contribution in [2.45, 2.75) is 38.0 Å². The minimum Gasteiger partial charge on any atom is -0.304 e. The lowest BCUT2D eigenvalue weighted by Gasteiger charge is -2.14. The first-order chi connectivity index (χ1) is 4.50. The summed E-state index contributed by atoms with van der Waals surface area (Å²) in [5, 5.41) is 2.47. The maximum absolute atomic E-state index is 11.9. The van der Waals surface area contributed by atoms with E-state index in [0.717, 1.165) is 0 Å². The van der Waals surface area contributed by atoms with Gasteiger partial charge in [-0.1, -0.05) is 0 Å². The first-order valence-electron chi connectivity index (χ1n) is 3.33. The number of alkyl halides is 3. The molecule has 0 aromatic carbocycles. The zero-order chi connectivity index (χ0) is 7.78. The van der Waals surface area contributed by atoms with Crippen LogP contribution in [0.3, 0.4) is 0 Å². The minimum absolute atomic E-state index is 0.0200. The Kier molecular flexibility index (Phi) is 1.90. The van der Waals surface area contributed by atoms with E-state index in [1.54, 1.807) is 6.92 Å². The van der Waals surface area contributed by atoms with Crippen molar-refractivity contribution in [2.24, 2.45) is 0 Å². The Balaban J connectivity index is 2.45. The van der Waals surface area contributed by atoms with Crippen molar-refractivity contribution < 1.29 is 13.2 Å². The molecule has 10 heavy (non-hydrogen) atoms. The van der Waals surface area contributed by atoms with E-state index in [0.29, 0.717) is 6.42 Å². The fourth-order valence-electron chi connectivity index (χ4n) is 1.18. The maximum Gasteiger partial charge on any atom is 0.403 e. The molecule has 0 amide bonds. The third kappa shape index (κ3) is 1.62. The second kappa shape index (κ2) is 2.42. The molecule has 0 aromatic heterocycles. The van der Waals surface area contributed by atoms with Crippen molar-refractivity contribution in [2.75, 3.05) is 0 Å². The summed E-state index contributed by atoms with van der Waals surface area (Å²) in [4.78, 5) is 0. The van der Waals surface area contributed by atoms with E-state index in [1.165, 1.54) is 0 Å². The molecule has 0 aromatic rings. The number of hydrogen-bond donors (Lipinski definition) is 1. The highest BCUT2D eigenvalue weighted by Crippen LogP contribution is 2.28. The topological polar surface area (TPSA) is 12.0 Å². The average Bonchev–Trinajstić information content (AvgIpc) is 2.11.